The molecule has 0 spiro atoms. The topological polar surface area (TPSA) is 9.23 Å². The molecule has 2 nitrogen and oxygen atoms in total. The van der Waals surface area contributed by atoms with Crippen LogP contribution in [0.15, 0.2) is 22.7 Å². The van der Waals surface area contributed by atoms with Crippen molar-refractivity contribution in [1.82, 2.24) is 4.48 Å². The number of benzene rings is 1. The Kier molecular flexibility index (Phi) is 3.56. The number of hydrogen-bond donors (Lipinski definition) is 0. The van der Waals surface area contributed by atoms with Crippen LogP contribution in [-0.2, 0) is 0 Å². The van der Waals surface area contributed by atoms with Gasteiger partial charge in [0.1, 0.15) is 0 Å². The molecule has 1 aromatic carbocycles. The first-order valence-corrected chi connectivity index (χ1v) is 5.49. The van der Waals surface area contributed by atoms with Crippen molar-refractivity contribution in [3.05, 3.63) is 22.7 Å². The Hall–Kier alpha value is -0.540. The molecule has 0 saturated carbocycles. The first kappa shape index (κ1) is 11.5. The van der Waals surface area contributed by atoms with E-state index in [-0.39, 0.29) is 0 Å². The fraction of sp³-hybridized carbons (Fsp3) is 0.455. The maximum atomic E-state index is 5.58. The number of halogens is 1. The second-order valence-electron chi connectivity index (χ2n) is 4.06. The lowest BCUT2D eigenvalue weighted by Crippen LogP contribution is -2.35. The van der Waals surface area contributed by atoms with E-state index < -0.39 is 0 Å². The minimum atomic E-state index is 0.703. The third-order valence-electron chi connectivity index (χ3n) is 1.94. The molecule has 0 radical (unpaired) electrons. The molecule has 14 heavy (non-hydrogen) atoms. The van der Waals surface area contributed by atoms with Gasteiger partial charge in [0.05, 0.1) is 27.7 Å². The first-order valence-electron chi connectivity index (χ1n) is 4.69. The van der Waals surface area contributed by atoms with Gasteiger partial charge in [-0.2, -0.15) is 0 Å². The zero-order chi connectivity index (χ0) is 10.8. The number of quaternary nitrogens is 1. The number of nitrogens with zero attached hydrogens (tertiary/aromatic N) is 1. The van der Waals surface area contributed by atoms with Crippen molar-refractivity contribution in [2.24, 2.45) is 0 Å². The molecule has 0 saturated heterocycles. The highest BCUT2D eigenvalue weighted by molar-refractivity contribution is 9.10. The van der Waals surface area contributed by atoms with E-state index in [0.29, 0.717) is 6.61 Å². The van der Waals surface area contributed by atoms with E-state index in [1.165, 1.54) is 5.69 Å². The van der Waals surface area contributed by atoms with Crippen molar-refractivity contribution in [3.8, 4) is 5.75 Å². The molecule has 1 rings (SSSR count). The molecule has 0 fully saturated rings. The summed E-state index contributed by atoms with van der Waals surface area (Å²) in [5.41, 5.74) is 1.18. The summed E-state index contributed by atoms with van der Waals surface area (Å²) in [5, 5.41) is 0. The molecule has 0 aliphatic rings. The Bertz CT molecular complexity index is 318. The maximum absolute atomic E-state index is 5.58. The summed E-state index contributed by atoms with van der Waals surface area (Å²) in [4.78, 5) is 0. The Balaban J connectivity index is 3.16. The fourth-order valence-electron chi connectivity index (χ4n) is 1.29. The number of rotatable bonds is 3. The quantitative estimate of drug-likeness (QED) is 0.758. The van der Waals surface area contributed by atoms with E-state index in [1.54, 1.807) is 0 Å². The highest BCUT2D eigenvalue weighted by Crippen LogP contribution is 2.33. The van der Waals surface area contributed by atoms with Gasteiger partial charge in [-0.25, -0.2) is 0 Å². The van der Waals surface area contributed by atoms with Crippen LogP contribution in [0.25, 0.3) is 0 Å². The van der Waals surface area contributed by atoms with Crippen molar-refractivity contribution in [2.45, 2.75) is 6.92 Å². The molecule has 78 valence electrons. The maximum Gasteiger partial charge on any atom is 0.180 e. The molecule has 0 amide bonds. The van der Waals surface area contributed by atoms with Gasteiger partial charge in [0.2, 0.25) is 0 Å². The molecule has 3 heteroatoms. The summed E-state index contributed by atoms with van der Waals surface area (Å²) >= 11 is 3.47. The van der Waals surface area contributed by atoms with Crippen LogP contribution in [0.1, 0.15) is 6.92 Å². The predicted molar refractivity (Wildman–Crippen MR) is 64.9 cm³/mol. The average molecular weight is 259 g/mol. The van der Waals surface area contributed by atoms with Crippen LogP contribution in [0, 0.1) is 0 Å². The SMILES string of the molecule is CCOc1ccc(Br)cc1[N+](C)(C)C. The number of hydrogen-bond acceptors (Lipinski definition) is 1. The second-order valence-corrected chi connectivity index (χ2v) is 4.97. The van der Waals surface area contributed by atoms with Gasteiger partial charge >= 0.3 is 0 Å². The van der Waals surface area contributed by atoms with Gasteiger partial charge in [-0.15, -0.1) is 0 Å². The van der Waals surface area contributed by atoms with Crippen molar-refractivity contribution < 1.29 is 4.74 Å². The number of ether oxygens (including phenoxy) is 1. The van der Waals surface area contributed by atoms with E-state index in [1.807, 2.05) is 19.1 Å². The summed E-state index contributed by atoms with van der Waals surface area (Å²) < 4.78 is 7.43. The molecular formula is C11H17BrNO+. The van der Waals surface area contributed by atoms with Gasteiger partial charge in [-0.3, -0.25) is 4.48 Å². The van der Waals surface area contributed by atoms with Gasteiger partial charge in [0, 0.05) is 10.5 Å². The van der Waals surface area contributed by atoms with E-state index in [0.717, 1.165) is 14.7 Å². The molecule has 0 N–H and O–H groups in total. The van der Waals surface area contributed by atoms with Crippen molar-refractivity contribution in [1.29, 1.82) is 0 Å². The lowest BCUT2D eigenvalue weighted by Gasteiger charge is -2.25. The van der Waals surface area contributed by atoms with Crippen LogP contribution >= 0.6 is 15.9 Å². The van der Waals surface area contributed by atoms with E-state index in [2.05, 4.69) is 43.1 Å². The zero-order valence-electron chi connectivity index (χ0n) is 9.17. The fourth-order valence-corrected chi connectivity index (χ4v) is 1.64. The van der Waals surface area contributed by atoms with Gasteiger partial charge in [-0.05, 0) is 19.1 Å². The minimum absolute atomic E-state index is 0.703. The zero-order valence-corrected chi connectivity index (χ0v) is 10.8. The van der Waals surface area contributed by atoms with Crippen LogP contribution in [0.4, 0.5) is 5.69 Å². The molecule has 0 unspecified atom stereocenters. The Morgan fingerprint density at radius 2 is 1.93 bits per heavy atom. The normalized spacial score (nSPS) is 11.5. The highest BCUT2D eigenvalue weighted by Gasteiger charge is 2.18. The van der Waals surface area contributed by atoms with Crippen molar-refractivity contribution >= 4 is 21.6 Å². The van der Waals surface area contributed by atoms with E-state index in [9.17, 15) is 0 Å². The van der Waals surface area contributed by atoms with Crippen molar-refractivity contribution in [3.63, 3.8) is 0 Å². The Morgan fingerprint density at radius 3 is 2.43 bits per heavy atom. The largest absolute Gasteiger partial charge is 0.488 e. The molecule has 0 aliphatic carbocycles. The smallest absolute Gasteiger partial charge is 0.180 e. The van der Waals surface area contributed by atoms with Crippen LogP contribution in [0.3, 0.4) is 0 Å². The second kappa shape index (κ2) is 4.32. The first-order chi connectivity index (χ1) is 6.45. The summed E-state index contributed by atoms with van der Waals surface area (Å²) in [7, 11) is 6.39. The van der Waals surface area contributed by atoms with Crippen LogP contribution in [0.5, 0.6) is 5.75 Å². The molecule has 0 aromatic heterocycles. The Labute approximate surface area is 94.2 Å². The lowest BCUT2D eigenvalue weighted by atomic mass is 10.2. The van der Waals surface area contributed by atoms with Crippen molar-refractivity contribution in [2.75, 3.05) is 27.7 Å². The minimum Gasteiger partial charge on any atom is -0.488 e. The van der Waals surface area contributed by atoms with Gasteiger partial charge in [0.25, 0.3) is 0 Å². The summed E-state index contributed by atoms with van der Waals surface area (Å²) in [6, 6.07) is 6.11. The molecule has 0 aliphatic heterocycles. The standard InChI is InChI=1S/C11H17BrNO/c1-5-14-11-7-6-9(12)8-10(11)13(2,3)4/h6-8H,5H2,1-4H3/q+1. The van der Waals surface area contributed by atoms with E-state index in [4.69, 9.17) is 4.74 Å². The Morgan fingerprint density at radius 1 is 1.29 bits per heavy atom. The van der Waals surface area contributed by atoms with Gasteiger partial charge in [0.15, 0.2) is 11.4 Å². The van der Waals surface area contributed by atoms with E-state index >= 15 is 0 Å². The molecule has 0 atom stereocenters. The van der Waals surface area contributed by atoms with Crippen LogP contribution in [-0.4, -0.2) is 27.7 Å². The van der Waals surface area contributed by atoms with Gasteiger partial charge < -0.3 is 4.74 Å². The average Bonchev–Trinajstić information content (AvgIpc) is 2.07. The summed E-state index contributed by atoms with van der Waals surface area (Å²) in [6.45, 7) is 2.70. The molecule has 1 aromatic rings. The van der Waals surface area contributed by atoms with Crippen LogP contribution < -0.4 is 9.22 Å². The van der Waals surface area contributed by atoms with Gasteiger partial charge in [-0.1, -0.05) is 15.9 Å². The summed E-state index contributed by atoms with van der Waals surface area (Å²) in [5.74, 6) is 0.961. The third-order valence-corrected chi connectivity index (χ3v) is 2.44. The molecular weight excluding hydrogens is 242 g/mol. The molecule has 0 heterocycles. The third kappa shape index (κ3) is 2.72. The summed E-state index contributed by atoms with van der Waals surface area (Å²) in [6.07, 6.45) is 0. The highest BCUT2D eigenvalue weighted by atomic mass is 79.9. The lowest BCUT2D eigenvalue weighted by molar-refractivity contribution is 0.329. The van der Waals surface area contributed by atoms with Crippen LogP contribution in [0.2, 0.25) is 0 Å². The molecule has 0 bridgehead atoms. The predicted octanol–water partition coefficient (Wildman–Crippen LogP) is 3.04. The monoisotopic (exact) mass is 258 g/mol.